The highest BCUT2D eigenvalue weighted by Crippen LogP contribution is 2.26. The van der Waals surface area contributed by atoms with Crippen molar-refractivity contribution in [3.8, 4) is 5.69 Å². The Balaban J connectivity index is 2.28. The van der Waals surface area contributed by atoms with E-state index in [9.17, 15) is 9.59 Å². The first kappa shape index (κ1) is 23.9. The second-order valence-corrected chi connectivity index (χ2v) is 9.34. The zero-order valence-electron chi connectivity index (χ0n) is 18.8. The molecular formula is C23H33ClN4O2. The van der Waals surface area contributed by atoms with E-state index in [4.69, 9.17) is 16.7 Å². The van der Waals surface area contributed by atoms with Gasteiger partial charge in [0.05, 0.1) is 17.9 Å². The first-order valence-corrected chi connectivity index (χ1v) is 10.9. The Labute approximate surface area is 184 Å². The summed E-state index contributed by atoms with van der Waals surface area (Å²) in [5.41, 5.74) is 2.70. The van der Waals surface area contributed by atoms with Gasteiger partial charge in [-0.05, 0) is 32.4 Å². The highest BCUT2D eigenvalue weighted by molar-refractivity contribution is 6.30. The van der Waals surface area contributed by atoms with E-state index in [1.807, 2.05) is 44.2 Å². The Morgan fingerprint density at radius 3 is 2.40 bits per heavy atom. The van der Waals surface area contributed by atoms with Gasteiger partial charge < -0.3 is 10.2 Å². The average molecular weight is 433 g/mol. The number of anilines is 1. The van der Waals surface area contributed by atoms with Crippen molar-refractivity contribution in [2.45, 2.75) is 65.2 Å². The van der Waals surface area contributed by atoms with Crippen molar-refractivity contribution in [3.05, 3.63) is 41.6 Å². The van der Waals surface area contributed by atoms with Crippen LogP contribution in [0.15, 0.2) is 30.3 Å². The lowest BCUT2D eigenvalue weighted by Crippen LogP contribution is -2.41. The Bertz CT molecular complexity index is 866. The number of aryl methyl sites for hydroxylation is 1. The van der Waals surface area contributed by atoms with Crippen LogP contribution in [0, 0.1) is 6.92 Å². The minimum absolute atomic E-state index is 0.0418. The van der Waals surface area contributed by atoms with Crippen molar-refractivity contribution < 1.29 is 9.59 Å². The van der Waals surface area contributed by atoms with E-state index in [1.165, 1.54) is 4.90 Å². The topological polar surface area (TPSA) is 67.2 Å². The molecule has 2 amide bonds. The third-order valence-corrected chi connectivity index (χ3v) is 4.98. The van der Waals surface area contributed by atoms with Crippen molar-refractivity contribution in [2.24, 2.45) is 0 Å². The van der Waals surface area contributed by atoms with Crippen molar-refractivity contribution >= 4 is 29.2 Å². The molecule has 1 aromatic heterocycles. The van der Waals surface area contributed by atoms with Gasteiger partial charge in [-0.25, -0.2) is 4.68 Å². The van der Waals surface area contributed by atoms with Crippen LogP contribution in [0.25, 0.3) is 5.69 Å². The molecule has 0 radical (unpaired) electrons. The molecule has 0 bridgehead atoms. The van der Waals surface area contributed by atoms with Crippen molar-refractivity contribution in [1.29, 1.82) is 0 Å². The molecule has 0 fully saturated rings. The first-order valence-electron chi connectivity index (χ1n) is 10.4. The maximum atomic E-state index is 12.8. The van der Waals surface area contributed by atoms with E-state index < -0.39 is 5.38 Å². The third-order valence-electron chi connectivity index (χ3n) is 4.79. The zero-order valence-corrected chi connectivity index (χ0v) is 19.6. The summed E-state index contributed by atoms with van der Waals surface area (Å²) in [6.07, 6.45) is 1.75. The molecule has 0 saturated heterocycles. The first-order chi connectivity index (χ1) is 14.0. The Morgan fingerprint density at radius 1 is 1.23 bits per heavy atom. The van der Waals surface area contributed by atoms with Gasteiger partial charge in [-0.2, -0.15) is 5.10 Å². The highest BCUT2D eigenvalue weighted by atomic mass is 35.5. The number of halogens is 1. The fraction of sp³-hybridized carbons (Fsp3) is 0.522. The molecule has 2 rings (SSSR count). The average Bonchev–Trinajstić information content (AvgIpc) is 3.09. The maximum Gasteiger partial charge on any atom is 0.245 e. The summed E-state index contributed by atoms with van der Waals surface area (Å²) in [6.45, 7) is 12.4. The molecule has 0 spiro atoms. The maximum absolute atomic E-state index is 12.8. The van der Waals surface area contributed by atoms with Crippen LogP contribution < -0.4 is 5.32 Å². The predicted octanol–water partition coefficient (Wildman–Crippen LogP) is 4.67. The van der Waals surface area contributed by atoms with Crippen LogP contribution in [0.5, 0.6) is 0 Å². The van der Waals surface area contributed by atoms with Crippen molar-refractivity contribution in [3.63, 3.8) is 0 Å². The fourth-order valence-corrected chi connectivity index (χ4v) is 3.08. The monoisotopic (exact) mass is 432 g/mol. The van der Waals surface area contributed by atoms with Gasteiger partial charge in [0.1, 0.15) is 11.2 Å². The number of alkyl halides is 1. The van der Waals surface area contributed by atoms with E-state index in [0.29, 0.717) is 12.4 Å². The normalized spacial score (nSPS) is 12.5. The number of nitrogens with one attached hydrogen (secondary N) is 1. The van der Waals surface area contributed by atoms with Crippen LogP contribution >= 0.6 is 11.6 Å². The molecule has 7 heteroatoms. The van der Waals surface area contributed by atoms with E-state index in [2.05, 4.69) is 26.1 Å². The lowest BCUT2D eigenvalue weighted by molar-refractivity contribution is -0.134. The van der Waals surface area contributed by atoms with E-state index in [1.54, 1.807) is 11.6 Å². The SMILES string of the molecule is CCCCN(CC(=O)Nc1cc(C(C)(C)C)nn1-c1ccc(C)cc1)C(=O)[C@@H](C)Cl. The molecule has 1 heterocycles. The largest absolute Gasteiger partial charge is 0.332 e. The van der Waals surface area contributed by atoms with Gasteiger partial charge in [-0.1, -0.05) is 51.8 Å². The second kappa shape index (κ2) is 10.1. The molecule has 0 aliphatic heterocycles. The summed E-state index contributed by atoms with van der Waals surface area (Å²) in [5.74, 6) is 0.0729. The summed E-state index contributed by atoms with van der Waals surface area (Å²) in [5, 5.41) is 7.00. The Hall–Kier alpha value is -2.34. The number of hydrogen-bond acceptors (Lipinski definition) is 3. The van der Waals surface area contributed by atoms with E-state index >= 15 is 0 Å². The molecule has 0 saturated carbocycles. The Kier molecular flexibility index (Phi) is 8.07. The van der Waals surface area contributed by atoms with Crippen LogP contribution in [-0.2, 0) is 15.0 Å². The highest BCUT2D eigenvalue weighted by Gasteiger charge is 2.24. The number of aromatic nitrogens is 2. The van der Waals surface area contributed by atoms with Gasteiger partial charge in [0.15, 0.2) is 0 Å². The van der Waals surface area contributed by atoms with Gasteiger partial charge in [-0.15, -0.1) is 11.6 Å². The molecule has 164 valence electrons. The van der Waals surface area contributed by atoms with Crippen LogP contribution in [0.3, 0.4) is 0 Å². The van der Waals surface area contributed by atoms with E-state index in [0.717, 1.165) is 29.8 Å². The van der Waals surface area contributed by atoms with Crippen molar-refractivity contribution in [2.75, 3.05) is 18.4 Å². The van der Waals surface area contributed by atoms with Crippen LogP contribution in [-0.4, -0.2) is 45.0 Å². The van der Waals surface area contributed by atoms with Crippen LogP contribution in [0.4, 0.5) is 5.82 Å². The zero-order chi connectivity index (χ0) is 22.5. The minimum atomic E-state index is -0.666. The quantitative estimate of drug-likeness (QED) is 0.616. The van der Waals surface area contributed by atoms with Crippen LogP contribution in [0.2, 0.25) is 0 Å². The molecule has 0 aliphatic rings. The standard InChI is InChI=1S/C23H33ClN4O2/c1-7-8-13-27(22(30)17(3)24)15-21(29)25-20-14-19(23(4,5)6)26-28(20)18-11-9-16(2)10-12-18/h9-12,14,17H,7-8,13,15H2,1-6H3,(H,25,29)/t17-/m1/s1. The third kappa shape index (κ3) is 6.33. The van der Waals surface area contributed by atoms with Gasteiger partial charge in [0.2, 0.25) is 11.8 Å². The molecule has 0 unspecified atom stereocenters. The lowest BCUT2D eigenvalue weighted by Gasteiger charge is -2.23. The van der Waals surface area contributed by atoms with Crippen molar-refractivity contribution in [1.82, 2.24) is 14.7 Å². The fourth-order valence-electron chi connectivity index (χ4n) is 2.94. The minimum Gasteiger partial charge on any atom is -0.332 e. The molecular weight excluding hydrogens is 400 g/mol. The number of unbranched alkanes of at least 4 members (excludes halogenated alkanes) is 1. The lowest BCUT2D eigenvalue weighted by atomic mass is 9.92. The number of nitrogens with zero attached hydrogens (tertiary/aromatic N) is 3. The summed E-state index contributed by atoms with van der Waals surface area (Å²) in [4.78, 5) is 26.7. The molecule has 1 N–H and O–H groups in total. The van der Waals surface area contributed by atoms with Crippen LogP contribution in [0.1, 0.15) is 58.7 Å². The molecule has 6 nitrogen and oxygen atoms in total. The smallest absolute Gasteiger partial charge is 0.245 e. The van der Waals surface area contributed by atoms with Gasteiger partial charge in [0.25, 0.3) is 0 Å². The second-order valence-electron chi connectivity index (χ2n) is 8.69. The number of carbonyl (C=O) groups is 2. The molecule has 30 heavy (non-hydrogen) atoms. The van der Waals surface area contributed by atoms with Gasteiger partial charge in [-0.3, -0.25) is 9.59 Å². The summed E-state index contributed by atoms with van der Waals surface area (Å²) in [7, 11) is 0. The summed E-state index contributed by atoms with van der Waals surface area (Å²) < 4.78 is 1.74. The number of rotatable bonds is 8. The molecule has 1 aromatic carbocycles. The number of carbonyl (C=O) groups excluding carboxylic acids is 2. The van der Waals surface area contributed by atoms with Gasteiger partial charge in [0, 0.05) is 18.0 Å². The summed E-state index contributed by atoms with van der Waals surface area (Å²) in [6, 6.07) is 9.84. The summed E-state index contributed by atoms with van der Waals surface area (Å²) >= 11 is 5.98. The Morgan fingerprint density at radius 2 is 1.87 bits per heavy atom. The number of hydrogen-bond donors (Lipinski definition) is 1. The predicted molar refractivity (Wildman–Crippen MR) is 122 cm³/mol. The number of amides is 2. The van der Waals surface area contributed by atoms with E-state index in [-0.39, 0.29) is 23.8 Å². The molecule has 0 aliphatic carbocycles. The molecule has 1 atom stereocenters. The molecule has 2 aromatic rings. The van der Waals surface area contributed by atoms with Gasteiger partial charge >= 0.3 is 0 Å². The number of benzene rings is 1.